The summed E-state index contributed by atoms with van der Waals surface area (Å²) in [4.78, 5) is 29.4. The Bertz CT molecular complexity index is 1170. The van der Waals surface area contributed by atoms with Gasteiger partial charge in [0.05, 0.1) is 17.4 Å². The van der Waals surface area contributed by atoms with E-state index in [4.69, 9.17) is 0 Å². The fourth-order valence-electron chi connectivity index (χ4n) is 2.56. The summed E-state index contributed by atoms with van der Waals surface area (Å²) in [5, 5.41) is 4.56. The number of hydrogen-bond acceptors (Lipinski definition) is 4. The highest BCUT2D eigenvalue weighted by Crippen LogP contribution is 2.13. The van der Waals surface area contributed by atoms with Crippen molar-refractivity contribution >= 4 is 39.5 Å². The third-order valence-corrected chi connectivity index (χ3v) is 4.77. The number of halogens is 1. The normalized spacial score (nSPS) is 10.8. The topological polar surface area (TPSA) is 81.8 Å². The number of rotatable bonds is 3. The number of nitrogens with one attached hydrogen (secondary N) is 1. The lowest BCUT2D eigenvalue weighted by atomic mass is 10.2. The molecule has 0 unspecified atom stereocenters. The molecule has 2 aromatic heterocycles. The molecular formula is C18H12IN5O2. The van der Waals surface area contributed by atoms with Crippen LogP contribution in [0.15, 0.2) is 71.9 Å². The molecular weight excluding hydrogens is 445 g/mol. The molecule has 1 amide bonds. The first-order chi connectivity index (χ1) is 12.6. The highest BCUT2D eigenvalue weighted by atomic mass is 127. The molecule has 0 radical (unpaired) electrons. The van der Waals surface area contributed by atoms with Gasteiger partial charge in [0.15, 0.2) is 5.65 Å². The number of nitrogens with zero attached hydrogens (tertiary/aromatic N) is 4. The zero-order valence-electron chi connectivity index (χ0n) is 13.3. The Balaban J connectivity index is 1.72. The highest BCUT2D eigenvalue weighted by Gasteiger charge is 2.14. The van der Waals surface area contributed by atoms with Gasteiger partial charge in [-0.2, -0.15) is 5.10 Å². The van der Waals surface area contributed by atoms with Gasteiger partial charge < -0.3 is 0 Å². The zero-order chi connectivity index (χ0) is 18.1. The molecule has 0 aliphatic rings. The van der Waals surface area contributed by atoms with Crippen molar-refractivity contribution in [1.82, 2.24) is 19.4 Å². The summed E-state index contributed by atoms with van der Waals surface area (Å²) in [6, 6.07) is 16.5. The Morgan fingerprint density at radius 3 is 2.54 bits per heavy atom. The van der Waals surface area contributed by atoms with Crippen molar-refractivity contribution in [3.63, 3.8) is 0 Å². The summed E-state index contributed by atoms with van der Waals surface area (Å²) in [6.07, 6.45) is 2.74. The second-order valence-electron chi connectivity index (χ2n) is 5.47. The maximum Gasteiger partial charge on any atom is 0.283 e. The third kappa shape index (κ3) is 2.88. The van der Waals surface area contributed by atoms with Gasteiger partial charge in [-0.3, -0.25) is 15.0 Å². The monoisotopic (exact) mass is 457 g/mol. The van der Waals surface area contributed by atoms with Crippen LogP contribution in [0.2, 0.25) is 0 Å². The van der Waals surface area contributed by atoms with Crippen molar-refractivity contribution in [3.05, 3.63) is 86.6 Å². The van der Waals surface area contributed by atoms with Crippen LogP contribution in [0.3, 0.4) is 0 Å². The third-order valence-electron chi connectivity index (χ3n) is 3.83. The predicted molar refractivity (Wildman–Crippen MR) is 106 cm³/mol. The molecule has 0 saturated carbocycles. The van der Waals surface area contributed by atoms with E-state index in [0.717, 1.165) is 13.9 Å². The van der Waals surface area contributed by atoms with Crippen LogP contribution in [-0.2, 0) is 0 Å². The molecule has 1 N–H and O–H groups in total. The van der Waals surface area contributed by atoms with E-state index in [1.807, 2.05) is 42.5 Å². The van der Waals surface area contributed by atoms with Gasteiger partial charge in [-0.1, -0.05) is 30.3 Å². The molecule has 0 bridgehead atoms. The predicted octanol–water partition coefficient (Wildman–Crippen LogP) is 2.57. The van der Waals surface area contributed by atoms with Crippen molar-refractivity contribution in [3.8, 4) is 5.69 Å². The molecule has 2 aromatic carbocycles. The van der Waals surface area contributed by atoms with Gasteiger partial charge in [0.25, 0.3) is 11.5 Å². The number of fused-ring (bicyclic) bond motifs is 1. The maximum absolute atomic E-state index is 12.7. The SMILES string of the molecule is O=C(Nn1cnc2c(cnn2-c2ccccc2)c1=O)c1ccccc1I. The summed E-state index contributed by atoms with van der Waals surface area (Å²) in [5.74, 6) is -0.381. The minimum atomic E-state index is -0.392. The van der Waals surface area contributed by atoms with Gasteiger partial charge in [-0.05, 0) is 46.9 Å². The molecule has 0 fully saturated rings. The van der Waals surface area contributed by atoms with Crippen LogP contribution < -0.4 is 11.0 Å². The minimum Gasteiger partial charge on any atom is -0.267 e. The van der Waals surface area contributed by atoms with Crippen molar-refractivity contribution in [2.24, 2.45) is 0 Å². The van der Waals surface area contributed by atoms with E-state index in [9.17, 15) is 9.59 Å². The second-order valence-corrected chi connectivity index (χ2v) is 6.63. The highest BCUT2D eigenvalue weighted by molar-refractivity contribution is 14.1. The quantitative estimate of drug-likeness (QED) is 0.480. The van der Waals surface area contributed by atoms with E-state index >= 15 is 0 Å². The van der Waals surface area contributed by atoms with Crippen molar-refractivity contribution in [2.45, 2.75) is 0 Å². The summed E-state index contributed by atoms with van der Waals surface area (Å²) in [7, 11) is 0. The maximum atomic E-state index is 12.7. The average molecular weight is 457 g/mol. The Morgan fingerprint density at radius 1 is 1.04 bits per heavy atom. The molecule has 2 heterocycles. The number of amides is 1. The van der Waals surface area contributed by atoms with Crippen molar-refractivity contribution in [2.75, 3.05) is 5.43 Å². The fraction of sp³-hybridized carbons (Fsp3) is 0. The van der Waals surface area contributed by atoms with Gasteiger partial charge in [-0.15, -0.1) is 0 Å². The van der Waals surface area contributed by atoms with E-state index in [0.29, 0.717) is 16.6 Å². The van der Waals surface area contributed by atoms with Gasteiger partial charge in [0, 0.05) is 3.57 Å². The van der Waals surface area contributed by atoms with E-state index in [1.54, 1.807) is 16.8 Å². The number of hydrogen-bond donors (Lipinski definition) is 1. The van der Waals surface area contributed by atoms with E-state index < -0.39 is 5.56 Å². The number of benzene rings is 2. The van der Waals surface area contributed by atoms with Crippen LogP contribution >= 0.6 is 22.6 Å². The molecule has 26 heavy (non-hydrogen) atoms. The number of carbonyl (C=O) groups excluding carboxylic acids is 1. The molecule has 8 heteroatoms. The smallest absolute Gasteiger partial charge is 0.267 e. The molecule has 0 atom stereocenters. The molecule has 0 saturated heterocycles. The molecule has 4 rings (SSSR count). The van der Waals surface area contributed by atoms with E-state index in [2.05, 4.69) is 38.1 Å². The molecule has 0 spiro atoms. The lowest BCUT2D eigenvalue weighted by molar-refractivity contribution is 0.101. The Hall–Kier alpha value is -3.01. The van der Waals surface area contributed by atoms with Crippen LogP contribution in [-0.4, -0.2) is 25.3 Å². The fourth-order valence-corrected chi connectivity index (χ4v) is 3.20. The van der Waals surface area contributed by atoms with E-state index in [1.165, 1.54) is 12.5 Å². The zero-order valence-corrected chi connectivity index (χ0v) is 15.5. The van der Waals surface area contributed by atoms with Gasteiger partial charge in [-0.25, -0.2) is 14.3 Å². The molecule has 128 valence electrons. The standard InChI is InChI=1S/C18H12IN5O2/c19-15-9-5-4-8-13(15)17(25)22-23-11-20-16-14(18(23)26)10-21-24(16)12-6-2-1-3-7-12/h1-11H,(H,22,25). The second kappa shape index (κ2) is 6.71. The summed E-state index contributed by atoms with van der Waals surface area (Å²) >= 11 is 2.07. The van der Waals surface area contributed by atoms with Crippen LogP contribution in [0.5, 0.6) is 0 Å². The number of carbonyl (C=O) groups is 1. The van der Waals surface area contributed by atoms with Gasteiger partial charge in [0.1, 0.15) is 11.7 Å². The van der Waals surface area contributed by atoms with E-state index in [-0.39, 0.29) is 5.91 Å². The summed E-state index contributed by atoms with van der Waals surface area (Å²) in [5.41, 5.74) is 3.90. The first-order valence-electron chi connectivity index (χ1n) is 7.72. The largest absolute Gasteiger partial charge is 0.283 e. The van der Waals surface area contributed by atoms with Crippen molar-refractivity contribution < 1.29 is 4.79 Å². The minimum absolute atomic E-state index is 0.319. The average Bonchev–Trinajstić information content (AvgIpc) is 3.10. The van der Waals surface area contributed by atoms with Crippen molar-refractivity contribution in [1.29, 1.82) is 0 Å². The summed E-state index contributed by atoms with van der Waals surface area (Å²) in [6.45, 7) is 0. The molecule has 4 aromatic rings. The first kappa shape index (κ1) is 16.5. The van der Waals surface area contributed by atoms with Gasteiger partial charge >= 0.3 is 0 Å². The Kier molecular flexibility index (Phi) is 4.25. The molecule has 7 nitrogen and oxygen atoms in total. The molecule has 0 aliphatic carbocycles. The lowest BCUT2D eigenvalue weighted by Crippen LogP contribution is -2.33. The van der Waals surface area contributed by atoms with Crippen LogP contribution in [0.25, 0.3) is 16.7 Å². The van der Waals surface area contributed by atoms with Crippen LogP contribution in [0.4, 0.5) is 0 Å². The number of para-hydroxylation sites is 1. The Labute approximate surface area is 161 Å². The summed E-state index contributed by atoms with van der Waals surface area (Å²) < 4.78 is 3.45. The first-order valence-corrected chi connectivity index (χ1v) is 8.80. The number of aromatic nitrogens is 4. The lowest BCUT2D eigenvalue weighted by Gasteiger charge is -2.09. The Morgan fingerprint density at radius 2 is 1.77 bits per heavy atom. The van der Waals surface area contributed by atoms with Gasteiger partial charge in [0.2, 0.25) is 0 Å². The van der Waals surface area contributed by atoms with Crippen LogP contribution in [0.1, 0.15) is 10.4 Å². The van der Waals surface area contributed by atoms with Crippen LogP contribution in [0, 0.1) is 3.57 Å². The molecule has 0 aliphatic heterocycles.